The van der Waals surface area contributed by atoms with Gasteiger partial charge in [0.15, 0.2) is 17.5 Å². The Morgan fingerprint density at radius 1 is 0.786 bits per heavy atom. The van der Waals surface area contributed by atoms with Crippen LogP contribution >= 0.6 is 11.3 Å². The van der Waals surface area contributed by atoms with Crippen molar-refractivity contribution in [3.63, 3.8) is 0 Å². The van der Waals surface area contributed by atoms with Gasteiger partial charge >= 0.3 is 0 Å². The van der Waals surface area contributed by atoms with Crippen LogP contribution in [0, 0.1) is 39.0 Å². The molecule has 0 amide bonds. The summed E-state index contributed by atoms with van der Waals surface area (Å²) in [4.78, 5) is 24.9. The molecule has 1 saturated carbocycles. The van der Waals surface area contributed by atoms with Gasteiger partial charge in [-0.05, 0) is 98.9 Å². The number of pyridine rings is 1. The van der Waals surface area contributed by atoms with Gasteiger partial charge in [-0.1, -0.05) is 94.3 Å². The van der Waals surface area contributed by atoms with E-state index in [4.69, 9.17) is 30.3 Å². The predicted octanol–water partition coefficient (Wildman–Crippen LogP) is 12.6. The smallest absolute Gasteiger partial charge is 0.164 e. The van der Waals surface area contributed by atoms with E-state index in [0.29, 0.717) is 35.6 Å². The number of rotatable bonds is 10. The van der Waals surface area contributed by atoms with Crippen LogP contribution in [-0.2, 0) is 5.41 Å². The fourth-order valence-electron chi connectivity index (χ4n) is 7.99. The van der Waals surface area contributed by atoms with E-state index in [1.807, 2.05) is 72.0 Å². The number of aliphatic imine (C=N–C) groups is 1. The molecule has 282 valence electrons. The Bertz CT molecular complexity index is 2560. The highest BCUT2D eigenvalue weighted by Crippen LogP contribution is 2.56. The van der Waals surface area contributed by atoms with E-state index >= 15 is 0 Å². The minimum atomic E-state index is 0.0231. The SMILES string of the molecule is CCCCCC(=N)N=C(Nc1c(C)cc(-c2nc(-c3ccccc3)nc(-c3ccccc3)n2)cc1C)c1cc2c(cc1C1(C)CC1C)sc1c(C)nc(C)cc12. The van der Waals surface area contributed by atoms with Crippen LogP contribution in [0.25, 0.3) is 54.3 Å². The molecule has 3 aromatic heterocycles. The zero-order chi connectivity index (χ0) is 39.1. The molecule has 1 fully saturated rings. The quantitative estimate of drug-likeness (QED) is 0.0822. The average molecular weight is 756 g/mol. The number of hydrogen-bond acceptors (Lipinski definition) is 6. The Morgan fingerprint density at radius 2 is 1.38 bits per heavy atom. The summed E-state index contributed by atoms with van der Waals surface area (Å²) in [7, 11) is 0. The van der Waals surface area contributed by atoms with Crippen LogP contribution < -0.4 is 5.32 Å². The summed E-state index contributed by atoms with van der Waals surface area (Å²) in [5.74, 6) is 3.56. The van der Waals surface area contributed by atoms with E-state index in [1.54, 1.807) is 0 Å². The van der Waals surface area contributed by atoms with Crippen molar-refractivity contribution in [2.24, 2.45) is 10.9 Å². The van der Waals surface area contributed by atoms with Crippen LogP contribution in [0.15, 0.2) is 96.0 Å². The summed E-state index contributed by atoms with van der Waals surface area (Å²) in [6.45, 7) is 15.3. The number of aryl methyl sites for hydroxylation is 4. The lowest BCUT2D eigenvalue weighted by Gasteiger charge is -2.22. The van der Waals surface area contributed by atoms with Crippen molar-refractivity contribution in [2.45, 2.75) is 86.0 Å². The second-order valence-corrected chi connectivity index (χ2v) is 16.8. The summed E-state index contributed by atoms with van der Waals surface area (Å²) < 4.78 is 2.50. The maximum Gasteiger partial charge on any atom is 0.164 e. The van der Waals surface area contributed by atoms with Crippen LogP contribution in [-0.4, -0.2) is 31.6 Å². The molecule has 7 nitrogen and oxygen atoms in total. The van der Waals surface area contributed by atoms with E-state index in [9.17, 15) is 0 Å². The number of anilines is 1. The summed E-state index contributed by atoms with van der Waals surface area (Å²) >= 11 is 1.83. The Kier molecular flexibility index (Phi) is 10.1. The van der Waals surface area contributed by atoms with Crippen molar-refractivity contribution >= 4 is 48.9 Å². The van der Waals surface area contributed by atoms with Gasteiger partial charge in [0.1, 0.15) is 11.7 Å². The maximum absolute atomic E-state index is 9.09. The van der Waals surface area contributed by atoms with E-state index < -0.39 is 0 Å². The van der Waals surface area contributed by atoms with Crippen molar-refractivity contribution in [3.05, 3.63) is 125 Å². The Balaban J connectivity index is 1.26. The van der Waals surface area contributed by atoms with Gasteiger partial charge in [-0.2, -0.15) is 0 Å². The number of fused-ring (bicyclic) bond motifs is 3. The fourth-order valence-corrected chi connectivity index (χ4v) is 9.13. The summed E-state index contributed by atoms with van der Waals surface area (Å²) in [6.07, 6.45) is 4.88. The van der Waals surface area contributed by atoms with Gasteiger partial charge in [-0.25, -0.2) is 19.9 Å². The highest BCUT2D eigenvalue weighted by Gasteiger charge is 2.49. The number of nitrogens with one attached hydrogen (secondary N) is 2. The van der Waals surface area contributed by atoms with Crippen molar-refractivity contribution < 1.29 is 0 Å². The summed E-state index contributed by atoms with van der Waals surface area (Å²) in [5, 5.41) is 15.4. The molecule has 2 atom stereocenters. The summed E-state index contributed by atoms with van der Waals surface area (Å²) in [5.41, 5.74) is 10.3. The molecule has 56 heavy (non-hydrogen) atoms. The topological polar surface area (TPSA) is 99.8 Å². The van der Waals surface area contributed by atoms with Gasteiger partial charge in [0, 0.05) is 55.5 Å². The lowest BCUT2D eigenvalue weighted by Crippen LogP contribution is -2.21. The molecule has 2 unspecified atom stereocenters. The molecule has 4 aromatic carbocycles. The van der Waals surface area contributed by atoms with Crippen LogP contribution in [0.4, 0.5) is 5.69 Å². The molecule has 7 aromatic rings. The molecule has 0 radical (unpaired) electrons. The normalized spacial score (nSPS) is 16.8. The molecule has 1 aliphatic rings. The van der Waals surface area contributed by atoms with E-state index in [-0.39, 0.29) is 5.41 Å². The lowest BCUT2D eigenvalue weighted by molar-refractivity contribution is 0.702. The van der Waals surface area contributed by atoms with Crippen molar-refractivity contribution in [1.82, 2.24) is 19.9 Å². The third-order valence-corrected chi connectivity index (χ3v) is 12.7. The van der Waals surface area contributed by atoms with Crippen molar-refractivity contribution in [1.29, 1.82) is 5.41 Å². The first-order valence-corrected chi connectivity index (χ1v) is 20.6. The van der Waals surface area contributed by atoms with Gasteiger partial charge in [-0.3, -0.25) is 10.4 Å². The van der Waals surface area contributed by atoms with E-state index in [2.05, 4.69) is 84.1 Å². The highest BCUT2D eigenvalue weighted by molar-refractivity contribution is 7.26. The highest BCUT2D eigenvalue weighted by atomic mass is 32.1. The second-order valence-electron chi connectivity index (χ2n) is 15.8. The number of benzene rings is 4. The lowest BCUT2D eigenvalue weighted by atomic mass is 9.89. The largest absolute Gasteiger partial charge is 0.339 e. The van der Waals surface area contributed by atoms with E-state index in [0.717, 1.165) is 82.0 Å². The van der Waals surface area contributed by atoms with Gasteiger partial charge in [0.2, 0.25) is 0 Å². The molecule has 1 aliphatic carbocycles. The maximum atomic E-state index is 9.09. The number of aromatic nitrogens is 4. The molecule has 0 aliphatic heterocycles. The number of amidine groups is 2. The molecule has 2 N–H and O–H groups in total. The molecule has 3 heterocycles. The number of unbranched alkanes of at least 4 members (excludes halogenated alkanes) is 2. The van der Waals surface area contributed by atoms with Crippen LogP contribution in [0.3, 0.4) is 0 Å². The predicted molar refractivity (Wildman–Crippen MR) is 235 cm³/mol. The first-order valence-electron chi connectivity index (χ1n) is 19.8. The summed E-state index contributed by atoms with van der Waals surface area (Å²) in [6, 6.07) is 31.4. The van der Waals surface area contributed by atoms with Crippen LogP contribution in [0.5, 0.6) is 0 Å². The minimum absolute atomic E-state index is 0.0231. The first-order chi connectivity index (χ1) is 27.0. The Labute approximate surface area is 334 Å². The Hall–Kier alpha value is -5.60. The molecule has 0 bridgehead atoms. The number of nitrogens with zero attached hydrogens (tertiary/aromatic N) is 5. The molecular formula is C48H49N7S. The van der Waals surface area contributed by atoms with Gasteiger partial charge in [0.25, 0.3) is 0 Å². The zero-order valence-corrected chi connectivity index (χ0v) is 34.2. The Morgan fingerprint density at radius 3 is 1.95 bits per heavy atom. The fraction of sp³-hybridized carbons (Fsp3) is 0.292. The first kappa shape index (κ1) is 37.3. The third-order valence-electron chi connectivity index (χ3n) is 11.4. The van der Waals surface area contributed by atoms with E-state index in [1.165, 1.54) is 25.7 Å². The van der Waals surface area contributed by atoms with Gasteiger partial charge in [0.05, 0.1) is 10.4 Å². The molecule has 0 saturated heterocycles. The number of hydrogen-bond donors (Lipinski definition) is 2. The van der Waals surface area contributed by atoms with Gasteiger partial charge in [-0.15, -0.1) is 11.3 Å². The zero-order valence-electron chi connectivity index (χ0n) is 33.4. The molecule has 8 rings (SSSR count). The monoisotopic (exact) mass is 755 g/mol. The number of thiophene rings is 1. The molecule has 0 spiro atoms. The van der Waals surface area contributed by atoms with Crippen LogP contribution in [0.1, 0.15) is 86.5 Å². The van der Waals surface area contributed by atoms with Crippen LogP contribution in [0.2, 0.25) is 0 Å². The third kappa shape index (κ3) is 7.26. The molecule has 8 heteroatoms. The minimum Gasteiger partial charge on any atom is -0.339 e. The average Bonchev–Trinajstić information content (AvgIpc) is 3.66. The molecular weight excluding hydrogens is 707 g/mol. The van der Waals surface area contributed by atoms with Gasteiger partial charge < -0.3 is 5.32 Å². The standard InChI is InChI=1S/C48H49N7S/c1-8-9-12-21-41(49)51-47(38-25-36-37-24-31(5)50-32(6)43(37)56-40(36)26-39(38)48(7)27-30(48)4)52-42-28(2)22-35(23-29(42)3)46-54-44(33-17-13-10-14-18-33)53-45(55-46)34-19-15-11-16-20-34/h10-11,13-20,22-26,30H,8-9,12,21,27H2,1-7H3,(H2,49,51,52). The van der Waals surface area contributed by atoms with Crippen molar-refractivity contribution in [3.8, 4) is 34.2 Å². The van der Waals surface area contributed by atoms with Crippen molar-refractivity contribution in [2.75, 3.05) is 5.32 Å². The second kappa shape index (κ2) is 15.1.